The smallest absolute Gasteiger partial charge is 0.237 e. The predicted octanol–water partition coefficient (Wildman–Crippen LogP) is 5.16. The Hall–Kier alpha value is -2.02. The average molecular weight is 481 g/mol. The van der Waals surface area contributed by atoms with Gasteiger partial charge >= 0.3 is 0 Å². The number of carbonyl (C=O) groups excluding carboxylic acids is 1. The number of nitrogens with zero attached hydrogens (tertiary/aromatic N) is 1. The number of ether oxygens (including phenoxy) is 1. The van der Waals surface area contributed by atoms with Crippen molar-refractivity contribution in [2.45, 2.75) is 45.1 Å². The van der Waals surface area contributed by atoms with Crippen LogP contribution in [-0.2, 0) is 9.53 Å². The van der Waals surface area contributed by atoms with E-state index in [2.05, 4.69) is 24.1 Å². The zero-order valence-corrected chi connectivity index (χ0v) is 20.3. The molecule has 1 amide bonds. The van der Waals surface area contributed by atoms with Crippen molar-refractivity contribution in [3.63, 3.8) is 0 Å². The fourth-order valence-electron chi connectivity index (χ4n) is 4.31. The fourth-order valence-corrected chi connectivity index (χ4v) is 4.31. The number of nitrogens with one attached hydrogen (secondary N) is 1. The summed E-state index contributed by atoms with van der Waals surface area (Å²) >= 11 is 0. The second-order valence-corrected chi connectivity index (χ2v) is 8.88. The Morgan fingerprint density at radius 1 is 0.970 bits per heavy atom. The minimum Gasteiger partial charge on any atom is -0.379 e. The van der Waals surface area contributed by atoms with Crippen LogP contribution in [0.15, 0.2) is 48.5 Å². The number of hydrogen-bond donors (Lipinski definition) is 1. The van der Waals surface area contributed by atoms with Crippen LogP contribution >= 0.6 is 12.4 Å². The van der Waals surface area contributed by atoms with Gasteiger partial charge < -0.3 is 10.1 Å². The van der Waals surface area contributed by atoms with Crippen molar-refractivity contribution in [3.05, 3.63) is 71.3 Å². The molecular weight excluding hydrogens is 446 g/mol. The van der Waals surface area contributed by atoms with E-state index in [9.17, 15) is 13.6 Å². The van der Waals surface area contributed by atoms with Gasteiger partial charge in [0.2, 0.25) is 5.91 Å². The summed E-state index contributed by atoms with van der Waals surface area (Å²) in [4.78, 5) is 15.2. The first-order valence-corrected chi connectivity index (χ1v) is 11.5. The molecule has 0 unspecified atom stereocenters. The van der Waals surface area contributed by atoms with Crippen molar-refractivity contribution >= 4 is 18.3 Å². The zero-order chi connectivity index (χ0) is 22.9. The van der Waals surface area contributed by atoms with Gasteiger partial charge in [-0.15, -0.1) is 12.4 Å². The van der Waals surface area contributed by atoms with E-state index in [-0.39, 0.29) is 41.9 Å². The first kappa shape index (κ1) is 27.2. The first-order valence-electron chi connectivity index (χ1n) is 11.5. The molecule has 7 heteroatoms. The maximum atomic E-state index is 13.4. The van der Waals surface area contributed by atoms with E-state index in [0.29, 0.717) is 25.7 Å². The van der Waals surface area contributed by atoms with Crippen molar-refractivity contribution in [1.29, 1.82) is 0 Å². The number of hydrogen-bond acceptors (Lipinski definition) is 3. The lowest BCUT2D eigenvalue weighted by Crippen LogP contribution is -2.51. The second kappa shape index (κ2) is 13.6. The highest BCUT2D eigenvalue weighted by Gasteiger charge is 2.28. The third-order valence-electron chi connectivity index (χ3n) is 6.00. The van der Waals surface area contributed by atoms with Gasteiger partial charge in [0.25, 0.3) is 0 Å². The van der Waals surface area contributed by atoms with Crippen LogP contribution in [0, 0.1) is 17.6 Å². The molecule has 1 heterocycles. The lowest BCUT2D eigenvalue weighted by Gasteiger charge is -2.34. The summed E-state index contributed by atoms with van der Waals surface area (Å²) in [5.41, 5.74) is 1.96. The molecule has 1 fully saturated rings. The van der Waals surface area contributed by atoms with Gasteiger partial charge in [0, 0.05) is 25.6 Å². The molecule has 1 saturated heterocycles. The van der Waals surface area contributed by atoms with Gasteiger partial charge in [-0.1, -0.05) is 38.1 Å². The summed E-state index contributed by atoms with van der Waals surface area (Å²) in [5, 5.41) is 3.12. The van der Waals surface area contributed by atoms with E-state index in [1.54, 1.807) is 24.3 Å². The predicted molar refractivity (Wildman–Crippen MR) is 130 cm³/mol. The Labute approximate surface area is 202 Å². The Morgan fingerprint density at radius 2 is 1.48 bits per heavy atom. The summed E-state index contributed by atoms with van der Waals surface area (Å²) in [6.07, 6.45) is 2.35. The molecule has 33 heavy (non-hydrogen) atoms. The first-order chi connectivity index (χ1) is 15.4. The third kappa shape index (κ3) is 8.36. The maximum absolute atomic E-state index is 13.4. The van der Waals surface area contributed by atoms with E-state index in [1.165, 1.54) is 24.3 Å². The topological polar surface area (TPSA) is 41.6 Å². The normalized spacial score (nSPS) is 15.3. The number of morpholine rings is 1. The van der Waals surface area contributed by atoms with Gasteiger partial charge in [0.15, 0.2) is 0 Å². The average Bonchev–Trinajstić information content (AvgIpc) is 2.79. The van der Waals surface area contributed by atoms with Crippen LogP contribution in [0.2, 0.25) is 0 Å². The summed E-state index contributed by atoms with van der Waals surface area (Å²) in [6.45, 7) is 7.73. The summed E-state index contributed by atoms with van der Waals surface area (Å²) in [6, 6.07) is 12.8. The van der Waals surface area contributed by atoms with Gasteiger partial charge in [-0.2, -0.15) is 0 Å². The summed E-state index contributed by atoms with van der Waals surface area (Å²) in [7, 11) is 0. The lowest BCUT2D eigenvalue weighted by atomic mass is 9.87. The fraction of sp³-hybridized carbons (Fsp3) is 0.500. The third-order valence-corrected chi connectivity index (χ3v) is 6.00. The molecule has 4 nitrogen and oxygen atoms in total. The van der Waals surface area contributed by atoms with Crippen molar-refractivity contribution in [3.8, 4) is 0 Å². The number of halogens is 3. The minimum absolute atomic E-state index is 0. The molecule has 1 N–H and O–H groups in total. The Morgan fingerprint density at radius 3 is 1.97 bits per heavy atom. The minimum atomic E-state index is -0.279. The van der Waals surface area contributed by atoms with Crippen LogP contribution in [0.5, 0.6) is 0 Å². The van der Waals surface area contributed by atoms with Crippen LogP contribution in [0.4, 0.5) is 8.78 Å². The molecule has 1 aliphatic rings. The largest absolute Gasteiger partial charge is 0.379 e. The molecule has 1 aliphatic heterocycles. The van der Waals surface area contributed by atoms with Crippen molar-refractivity contribution in [1.82, 2.24) is 10.2 Å². The van der Waals surface area contributed by atoms with E-state index < -0.39 is 0 Å². The number of amides is 1. The van der Waals surface area contributed by atoms with Crippen LogP contribution < -0.4 is 5.32 Å². The Bertz CT molecular complexity index is 795. The van der Waals surface area contributed by atoms with Gasteiger partial charge in [0.05, 0.1) is 19.3 Å². The van der Waals surface area contributed by atoms with Gasteiger partial charge in [-0.3, -0.25) is 9.69 Å². The second-order valence-electron chi connectivity index (χ2n) is 8.88. The molecule has 0 aliphatic carbocycles. The van der Waals surface area contributed by atoms with Crippen LogP contribution in [0.1, 0.15) is 50.2 Å². The highest BCUT2D eigenvalue weighted by molar-refractivity contribution is 5.85. The van der Waals surface area contributed by atoms with Crippen molar-refractivity contribution in [2.75, 3.05) is 32.8 Å². The highest BCUT2D eigenvalue weighted by Crippen LogP contribution is 2.29. The monoisotopic (exact) mass is 480 g/mol. The molecule has 2 aromatic carbocycles. The van der Waals surface area contributed by atoms with Gasteiger partial charge in [-0.25, -0.2) is 8.78 Å². The molecule has 0 aromatic heterocycles. The van der Waals surface area contributed by atoms with E-state index in [1.807, 2.05) is 0 Å². The number of benzene rings is 2. The molecule has 1 atom stereocenters. The molecule has 182 valence electrons. The Balaban J connectivity index is 0.00000385. The Kier molecular flexibility index (Phi) is 11.2. The summed E-state index contributed by atoms with van der Waals surface area (Å²) in [5.74, 6) is -0.0502. The summed E-state index contributed by atoms with van der Waals surface area (Å²) < 4.78 is 32.3. The van der Waals surface area contributed by atoms with E-state index in [0.717, 1.165) is 43.5 Å². The zero-order valence-electron chi connectivity index (χ0n) is 19.4. The lowest BCUT2D eigenvalue weighted by molar-refractivity contribution is -0.128. The quantitative estimate of drug-likeness (QED) is 0.477. The van der Waals surface area contributed by atoms with E-state index in [4.69, 9.17) is 4.74 Å². The number of carbonyl (C=O) groups is 1. The van der Waals surface area contributed by atoms with Crippen LogP contribution in [-0.4, -0.2) is 49.7 Å². The molecule has 0 spiro atoms. The van der Waals surface area contributed by atoms with E-state index >= 15 is 0 Å². The standard InChI is InChI=1S/C26H34F2N2O2.ClH/c1-19(2)18-25(30-14-16-32-17-15-30)26(31)29-13-3-4-24(20-5-9-22(27)10-6-20)21-7-11-23(28)12-8-21;/h5-12,19,24-25H,3-4,13-18H2,1-2H3,(H,29,31);1H/t25-;/m0./s1. The molecule has 0 bridgehead atoms. The van der Waals surface area contributed by atoms with Crippen molar-refractivity contribution < 1.29 is 18.3 Å². The molecule has 0 saturated carbocycles. The highest BCUT2D eigenvalue weighted by atomic mass is 35.5. The number of rotatable bonds is 10. The molecule has 2 aromatic rings. The maximum Gasteiger partial charge on any atom is 0.237 e. The van der Waals surface area contributed by atoms with Crippen LogP contribution in [0.3, 0.4) is 0 Å². The van der Waals surface area contributed by atoms with Gasteiger partial charge in [0.1, 0.15) is 11.6 Å². The van der Waals surface area contributed by atoms with Gasteiger partial charge in [-0.05, 0) is 60.6 Å². The van der Waals surface area contributed by atoms with Crippen molar-refractivity contribution in [2.24, 2.45) is 5.92 Å². The van der Waals surface area contributed by atoms with Crippen LogP contribution in [0.25, 0.3) is 0 Å². The molecule has 3 rings (SSSR count). The molecular formula is C26H35ClF2N2O2. The SMILES string of the molecule is CC(C)C[C@@H](C(=O)NCCCC(c1ccc(F)cc1)c1ccc(F)cc1)N1CCOCC1.Cl. The molecule has 0 radical (unpaired) electrons.